The number of anilines is 1. The second kappa shape index (κ2) is 5.47. The number of nitriles is 1. The molecular weight excluding hydrogens is 272 g/mol. The number of pyridine rings is 1. The van der Waals surface area contributed by atoms with Gasteiger partial charge in [0.1, 0.15) is 12.1 Å². The predicted octanol–water partition coefficient (Wildman–Crippen LogP) is 1.39. The lowest BCUT2D eigenvalue weighted by atomic mass is 10.2. The fraction of sp³-hybridized carbons (Fsp3) is 0.300. The number of halogens is 1. The summed E-state index contributed by atoms with van der Waals surface area (Å²) < 4.78 is 0.583. The Kier molecular flexibility index (Phi) is 4.26. The number of nitrogens with one attached hydrogen (secondary N) is 1. The minimum atomic E-state index is -0.429. The quantitative estimate of drug-likeness (QED) is 0.873. The summed E-state index contributed by atoms with van der Waals surface area (Å²) in [5.41, 5.74) is 6.16. The molecule has 5 nitrogen and oxygen atoms in total. The van der Waals surface area contributed by atoms with Crippen molar-refractivity contribution in [3.63, 3.8) is 0 Å². The van der Waals surface area contributed by atoms with Gasteiger partial charge in [-0.1, -0.05) is 6.92 Å². The van der Waals surface area contributed by atoms with Gasteiger partial charge >= 0.3 is 0 Å². The van der Waals surface area contributed by atoms with Crippen LogP contribution in [0.1, 0.15) is 19.0 Å². The summed E-state index contributed by atoms with van der Waals surface area (Å²) in [7, 11) is 0. The Morgan fingerprint density at radius 1 is 1.81 bits per heavy atom. The Balaban J connectivity index is 2.87. The minimum Gasteiger partial charge on any atom is -0.372 e. The largest absolute Gasteiger partial charge is 0.372 e. The summed E-state index contributed by atoms with van der Waals surface area (Å²) >= 11 is 3.21. The van der Waals surface area contributed by atoms with Gasteiger partial charge in [0, 0.05) is 0 Å². The number of amides is 1. The maximum absolute atomic E-state index is 11.0. The van der Waals surface area contributed by atoms with Crippen LogP contribution in [-0.2, 0) is 4.79 Å². The molecular formula is C10H11BrN4O. The molecule has 0 aliphatic rings. The molecule has 1 atom stereocenters. The molecule has 1 aromatic heterocycles. The average Bonchev–Trinajstić information content (AvgIpc) is 2.25. The van der Waals surface area contributed by atoms with Crippen molar-refractivity contribution in [2.45, 2.75) is 19.4 Å². The molecule has 0 aromatic carbocycles. The Bertz CT molecular complexity index is 441. The first kappa shape index (κ1) is 12.5. The van der Waals surface area contributed by atoms with Crippen LogP contribution in [0.3, 0.4) is 0 Å². The van der Waals surface area contributed by atoms with Gasteiger partial charge in [0.15, 0.2) is 5.69 Å². The third-order valence-electron chi connectivity index (χ3n) is 2.04. The molecule has 0 saturated carbocycles. The second-order valence-corrected chi connectivity index (χ2v) is 4.03. The molecule has 84 valence electrons. The molecule has 0 radical (unpaired) electrons. The van der Waals surface area contributed by atoms with Gasteiger partial charge < -0.3 is 11.1 Å². The standard InChI is InChI=1S/C10H11BrN4O/c1-2-8(10(13)16)15-6-3-7(11)9(4-12)14-5-6/h3,5,8,15H,2H2,1H3,(H2,13,16). The predicted molar refractivity (Wildman–Crippen MR) is 63.5 cm³/mol. The number of rotatable bonds is 4. The molecule has 1 rings (SSSR count). The number of primary amides is 1. The van der Waals surface area contributed by atoms with Crippen LogP contribution in [0.2, 0.25) is 0 Å². The molecule has 1 aromatic rings. The van der Waals surface area contributed by atoms with E-state index >= 15 is 0 Å². The number of carbonyl (C=O) groups is 1. The summed E-state index contributed by atoms with van der Waals surface area (Å²) in [4.78, 5) is 14.9. The van der Waals surface area contributed by atoms with Crippen LogP contribution in [0.25, 0.3) is 0 Å². The van der Waals surface area contributed by atoms with Crippen LogP contribution in [0, 0.1) is 11.3 Å². The summed E-state index contributed by atoms with van der Waals surface area (Å²) in [6.45, 7) is 1.86. The lowest BCUT2D eigenvalue weighted by Gasteiger charge is -2.14. The zero-order valence-electron chi connectivity index (χ0n) is 8.70. The van der Waals surface area contributed by atoms with Gasteiger partial charge in [0.05, 0.1) is 16.4 Å². The molecule has 6 heteroatoms. The fourth-order valence-corrected chi connectivity index (χ4v) is 1.61. The Morgan fingerprint density at radius 2 is 2.50 bits per heavy atom. The van der Waals surface area contributed by atoms with Crippen LogP contribution >= 0.6 is 15.9 Å². The third kappa shape index (κ3) is 2.94. The Morgan fingerprint density at radius 3 is 2.94 bits per heavy atom. The van der Waals surface area contributed by atoms with E-state index in [1.165, 1.54) is 6.20 Å². The van der Waals surface area contributed by atoms with Crippen molar-refractivity contribution >= 4 is 27.5 Å². The summed E-state index contributed by atoms with van der Waals surface area (Å²) in [5.74, 6) is -0.414. The molecule has 0 aliphatic heterocycles. The van der Waals surface area contributed by atoms with Gasteiger partial charge in [-0.2, -0.15) is 5.26 Å². The van der Waals surface area contributed by atoms with Crippen molar-refractivity contribution in [1.29, 1.82) is 5.26 Å². The van der Waals surface area contributed by atoms with E-state index in [0.717, 1.165) is 0 Å². The van der Waals surface area contributed by atoms with E-state index in [0.29, 0.717) is 22.3 Å². The van der Waals surface area contributed by atoms with Crippen LogP contribution < -0.4 is 11.1 Å². The van der Waals surface area contributed by atoms with Gasteiger partial charge in [-0.25, -0.2) is 4.98 Å². The first-order valence-electron chi connectivity index (χ1n) is 4.70. The first-order valence-corrected chi connectivity index (χ1v) is 5.49. The van der Waals surface area contributed by atoms with Gasteiger partial charge in [0.25, 0.3) is 0 Å². The van der Waals surface area contributed by atoms with Crippen molar-refractivity contribution < 1.29 is 4.79 Å². The smallest absolute Gasteiger partial charge is 0.239 e. The normalized spacial score (nSPS) is 11.6. The monoisotopic (exact) mass is 282 g/mol. The molecule has 0 saturated heterocycles. The number of hydrogen-bond acceptors (Lipinski definition) is 4. The number of carbonyl (C=O) groups excluding carboxylic acids is 1. The Labute approximate surface area is 102 Å². The SMILES string of the molecule is CCC(Nc1cnc(C#N)c(Br)c1)C(N)=O. The van der Waals surface area contributed by atoms with E-state index < -0.39 is 11.9 Å². The van der Waals surface area contributed by atoms with Crippen LogP contribution in [0.15, 0.2) is 16.7 Å². The highest BCUT2D eigenvalue weighted by atomic mass is 79.9. The second-order valence-electron chi connectivity index (χ2n) is 3.17. The van der Waals surface area contributed by atoms with Crippen molar-refractivity contribution in [3.8, 4) is 6.07 Å². The number of nitrogens with two attached hydrogens (primary N) is 1. The molecule has 0 spiro atoms. The van der Waals surface area contributed by atoms with Gasteiger partial charge in [-0.3, -0.25) is 4.79 Å². The molecule has 16 heavy (non-hydrogen) atoms. The van der Waals surface area contributed by atoms with Gasteiger partial charge in [-0.15, -0.1) is 0 Å². The van der Waals surface area contributed by atoms with E-state index in [9.17, 15) is 4.79 Å². The highest BCUT2D eigenvalue weighted by Gasteiger charge is 2.13. The summed E-state index contributed by atoms with van der Waals surface area (Å²) in [6.07, 6.45) is 2.09. The maximum atomic E-state index is 11.0. The molecule has 3 N–H and O–H groups in total. The molecule has 1 unspecified atom stereocenters. The van der Waals surface area contributed by atoms with Crippen molar-refractivity contribution in [2.75, 3.05) is 5.32 Å². The van der Waals surface area contributed by atoms with Crippen LogP contribution in [0.4, 0.5) is 5.69 Å². The van der Waals surface area contributed by atoms with Crippen LogP contribution in [-0.4, -0.2) is 16.9 Å². The Hall–Kier alpha value is -1.61. The zero-order chi connectivity index (χ0) is 12.1. The van der Waals surface area contributed by atoms with Gasteiger partial charge in [-0.05, 0) is 28.4 Å². The summed E-state index contributed by atoms with van der Waals surface area (Å²) in [5, 5.41) is 11.6. The molecule has 0 fully saturated rings. The molecule has 1 heterocycles. The van der Waals surface area contributed by atoms with Gasteiger partial charge in [0.2, 0.25) is 5.91 Å². The van der Waals surface area contributed by atoms with Crippen molar-refractivity contribution in [3.05, 3.63) is 22.4 Å². The first-order chi connectivity index (χ1) is 7.58. The van der Waals surface area contributed by atoms with E-state index in [-0.39, 0.29) is 0 Å². The van der Waals surface area contributed by atoms with E-state index in [1.54, 1.807) is 6.07 Å². The fourth-order valence-electron chi connectivity index (χ4n) is 1.17. The molecule has 0 aliphatic carbocycles. The summed E-state index contributed by atoms with van der Waals surface area (Å²) in [6, 6.07) is 3.20. The van der Waals surface area contributed by atoms with Crippen molar-refractivity contribution in [1.82, 2.24) is 4.98 Å². The minimum absolute atomic E-state index is 0.303. The lowest BCUT2D eigenvalue weighted by molar-refractivity contribution is -0.118. The van der Waals surface area contributed by atoms with Crippen molar-refractivity contribution in [2.24, 2.45) is 5.73 Å². The topological polar surface area (TPSA) is 91.8 Å². The number of nitrogens with zero attached hydrogens (tertiary/aromatic N) is 2. The highest BCUT2D eigenvalue weighted by Crippen LogP contribution is 2.19. The van der Waals surface area contributed by atoms with E-state index in [1.807, 2.05) is 13.0 Å². The average molecular weight is 283 g/mol. The highest BCUT2D eigenvalue weighted by molar-refractivity contribution is 9.10. The van der Waals surface area contributed by atoms with Crippen LogP contribution in [0.5, 0.6) is 0 Å². The third-order valence-corrected chi connectivity index (χ3v) is 2.64. The van der Waals surface area contributed by atoms with E-state index in [2.05, 4.69) is 26.2 Å². The van der Waals surface area contributed by atoms with E-state index in [4.69, 9.17) is 11.0 Å². The maximum Gasteiger partial charge on any atom is 0.239 e. The zero-order valence-corrected chi connectivity index (χ0v) is 10.3. The number of hydrogen-bond donors (Lipinski definition) is 2. The molecule has 1 amide bonds. The lowest BCUT2D eigenvalue weighted by Crippen LogP contribution is -2.34. The molecule has 0 bridgehead atoms. The number of aromatic nitrogens is 1.